The van der Waals surface area contributed by atoms with Crippen LogP contribution in [0, 0.1) is 0 Å². The zero-order valence-electron chi connectivity index (χ0n) is 39.5. The molecule has 1 aliphatic rings. The number of ether oxygens (including phenoxy) is 8. The molecule has 0 fully saturated rings. The molecule has 18 heteroatoms. The SMILES string of the molecule is C=CC(=O)OCC(COc1ccc(C(=O)Oc2ccc(CCOC(=O)C3=CC=C(OCC(COC(=O)CC)OC(=O)CC)CC3)cc2/C=N/N(C)c2nc3c(ccc4ccccc43)s2)cc1)OC(=O)C=C. The van der Waals surface area contributed by atoms with Crippen molar-refractivity contribution in [3.8, 4) is 11.5 Å². The molecule has 71 heavy (non-hydrogen) atoms. The molecule has 0 radical (unpaired) electrons. The minimum absolute atomic E-state index is 0.0229. The molecular formula is C53H53N3O14S. The Hall–Kier alpha value is -8.12. The Morgan fingerprint density at radius 1 is 0.761 bits per heavy atom. The molecule has 1 aliphatic carbocycles. The van der Waals surface area contributed by atoms with Gasteiger partial charge in [-0.15, -0.1) is 0 Å². The number of rotatable bonds is 25. The van der Waals surface area contributed by atoms with E-state index in [1.54, 1.807) is 62.5 Å². The number of hydrazone groups is 1. The minimum atomic E-state index is -0.946. The van der Waals surface area contributed by atoms with Crippen LogP contribution in [0.5, 0.6) is 11.5 Å². The van der Waals surface area contributed by atoms with Crippen LogP contribution in [-0.4, -0.2) is 99.3 Å². The number of nitrogens with zero attached hydrogens (tertiary/aromatic N) is 3. The van der Waals surface area contributed by atoms with Gasteiger partial charge in [0.25, 0.3) is 0 Å². The summed E-state index contributed by atoms with van der Waals surface area (Å²) in [6.45, 7) is 9.50. The summed E-state index contributed by atoms with van der Waals surface area (Å²) in [6.07, 6.45) is 6.50. The molecule has 0 saturated carbocycles. The van der Waals surface area contributed by atoms with E-state index in [0.29, 0.717) is 47.0 Å². The molecule has 0 N–H and O–H groups in total. The number of hydrogen-bond acceptors (Lipinski definition) is 18. The standard InChI is InChI=1S/C53H53N3O14S/c1-6-46(57)66-32-41(68-48(59)8-3)30-64-39-20-15-36(16-21-39)51(61)63-27-26-34-14-24-44(38(28-34)29-54-56(5)53-55-50-43-13-11-10-12-35(43)19-25-45(50)71-53)70-52(62)37-17-22-40(23-18-37)65-31-42(69-49(60)9-4)33-67-47(58)7-2/h7,9-15,17-20,22-25,28-29,41-42H,2,4,6,8,16,21,26-27,30-33H2,1,3,5H3/b54-29+. The maximum Gasteiger partial charge on any atom is 0.343 e. The number of hydrogen-bond donors (Lipinski definition) is 0. The number of benzene rings is 4. The van der Waals surface area contributed by atoms with E-state index in [1.807, 2.05) is 30.3 Å². The second kappa shape index (κ2) is 26.0. The minimum Gasteiger partial charge on any atom is -0.494 e. The fourth-order valence-corrected chi connectivity index (χ4v) is 7.57. The van der Waals surface area contributed by atoms with Crippen LogP contribution >= 0.6 is 11.3 Å². The summed E-state index contributed by atoms with van der Waals surface area (Å²) in [4.78, 5) is 78.5. The van der Waals surface area contributed by atoms with E-state index in [9.17, 15) is 28.8 Å². The fourth-order valence-electron chi connectivity index (χ4n) is 6.67. The maximum absolute atomic E-state index is 13.6. The van der Waals surface area contributed by atoms with E-state index in [0.717, 1.165) is 38.7 Å². The van der Waals surface area contributed by atoms with E-state index in [4.69, 9.17) is 42.9 Å². The number of allylic oxidation sites excluding steroid dienone is 3. The van der Waals surface area contributed by atoms with E-state index in [1.165, 1.54) is 35.6 Å². The molecule has 2 atom stereocenters. The van der Waals surface area contributed by atoms with Crippen molar-refractivity contribution in [2.24, 2.45) is 5.10 Å². The van der Waals surface area contributed by atoms with Gasteiger partial charge in [0.2, 0.25) is 5.13 Å². The third-order valence-corrected chi connectivity index (χ3v) is 11.6. The zero-order valence-corrected chi connectivity index (χ0v) is 40.3. The van der Waals surface area contributed by atoms with Crippen molar-refractivity contribution >= 4 is 79.5 Å². The van der Waals surface area contributed by atoms with Crippen LogP contribution in [-0.2, 0) is 58.8 Å². The van der Waals surface area contributed by atoms with Gasteiger partial charge in [0.15, 0.2) is 12.2 Å². The van der Waals surface area contributed by atoms with Crippen LogP contribution in [0.3, 0.4) is 0 Å². The Kier molecular flexibility index (Phi) is 19.2. The van der Waals surface area contributed by atoms with E-state index >= 15 is 0 Å². The Balaban J connectivity index is 1.12. The highest BCUT2D eigenvalue weighted by molar-refractivity contribution is 7.22. The maximum atomic E-state index is 13.6. The predicted molar refractivity (Wildman–Crippen MR) is 265 cm³/mol. The highest BCUT2D eigenvalue weighted by Gasteiger charge is 2.22. The highest BCUT2D eigenvalue weighted by atomic mass is 32.1. The number of anilines is 1. The third-order valence-electron chi connectivity index (χ3n) is 10.5. The molecule has 6 rings (SSSR count). The third kappa shape index (κ3) is 15.4. The molecule has 0 spiro atoms. The van der Waals surface area contributed by atoms with Crippen molar-refractivity contribution in [3.63, 3.8) is 0 Å². The molecule has 0 aliphatic heterocycles. The van der Waals surface area contributed by atoms with Gasteiger partial charge in [-0.05, 0) is 72.0 Å². The van der Waals surface area contributed by atoms with Crippen molar-refractivity contribution in [2.45, 2.75) is 58.2 Å². The van der Waals surface area contributed by atoms with E-state index in [-0.39, 0.29) is 57.2 Å². The molecular weight excluding hydrogens is 935 g/mol. The second-order valence-corrected chi connectivity index (χ2v) is 16.6. The molecule has 370 valence electrons. The first-order valence-electron chi connectivity index (χ1n) is 22.7. The van der Waals surface area contributed by atoms with Gasteiger partial charge in [0.1, 0.15) is 37.9 Å². The summed E-state index contributed by atoms with van der Waals surface area (Å²) in [5.74, 6) is -2.33. The van der Waals surface area contributed by atoms with Crippen molar-refractivity contribution in [2.75, 3.05) is 45.1 Å². The molecule has 0 saturated heterocycles. The lowest BCUT2D eigenvalue weighted by atomic mass is 10.0. The van der Waals surface area contributed by atoms with E-state index in [2.05, 4.69) is 24.3 Å². The first-order valence-corrected chi connectivity index (χ1v) is 23.5. The molecule has 5 aromatic rings. The molecule has 2 unspecified atom stereocenters. The fraction of sp³-hybridized carbons (Fsp3) is 0.283. The van der Waals surface area contributed by atoms with Gasteiger partial charge < -0.3 is 37.9 Å². The summed E-state index contributed by atoms with van der Waals surface area (Å²) in [7, 11) is 1.77. The van der Waals surface area contributed by atoms with Crippen LogP contribution in [0.2, 0.25) is 0 Å². The topological polar surface area (TPSA) is 205 Å². The summed E-state index contributed by atoms with van der Waals surface area (Å²) in [6, 6.07) is 23.4. The number of fused-ring (bicyclic) bond motifs is 3. The average molecular weight is 988 g/mol. The lowest BCUT2D eigenvalue weighted by Gasteiger charge is -2.20. The number of esters is 6. The van der Waals surface area contributed by atoms with Crippen molar-refractivity contribution in [1.29, 1.82) is 0 Å². The van der Waals surface area contributed by atoms with Gasteiger partial charge in [0, 0.05) is 61.4 Å². The first-order chi connectivity index (χ1) is 34.3. The van der Waals surface area contributed by atoms with Gasteiger partial charge >= 0.3 is 35.8 Å². The zero-order chi connectivity index (χ0) is 50.7. The molecule has 0 bridgehead atoms. The van der Waals surface area contributed by atoms with Gasteiger partial charge in [-0.3, -0.25) is 9.59 Å². The summed E-state index contributed by atoms with van der Waals surface area (Å²) in [5.41, 5.74) is 2.74. The number of thiazole rings is 1. The molecule has 1 heterocycles. The average Bonchev–Trinajstić information content (AvgIpc) is 3.85. The Morgan fingerprint density at radius 2 is 1.49 bits per heavy atom. The number of aromatic nitrogens is 1. The van der Waals surface area contributed by atoms with Crippen LogP contribution in [0.4, 0.5) is 5.13 Å². The normalized spacial score (nSPS) is 12.9. The first kappa shape index (κ1) is 52.3. The summed E-state index contributed by atoms with van der Waals surface area (Å²) >= 11 is 1.48. The van der Waals surface area contributed by atoms with E-state index < -0.39 is 48.0 Å². The van der Waals surface area contributed by atoms with Crippen LogP contribution in [0.25, 0.3) is 21.0 Å². The quantitative estimate of drug-likeness (QED) is 0.0135. The van der Waals surface area contributed by atoms with Crippen molar-refractivity contribution < 1.29 is 66.7 Å². The summed E-state index contributed by atoms with van der Waals surface area (Å²) < 4.78 is 44.9. The molecule has 0 amide bonds. The van der Waals surface area contributed by atoms with Crippen LogP contribution in [0.1, 0.15) is 61.0 Å². The van der Waals surface area contributed by atoms with Gasteiger partial charge in [0.05, 0.1) is 34.4 Å². The number of carbonyl (C=O) groups is 6. The van der Waals surface area contributed by atoms with Crippen LogP contribution < -0.4 is 14.5 Å². The predicted octanol–water partition coefficient (Wildman–Crippen LogP) is 8.33. The summed E-state index contributed by atoms with van der Waals surface area (Å²) in [5, 5.41) is 9.06. The van der Waals surface area contributed by atoms with Crippen LogP contribution in [0.15, 0.2) is 133 Å². The molecule has 4 aromatic carbocycles. The Bertz CT molecular complexity index is 2850. The smallest absolute Gasteiger partial charge is 0.343 e. The van der Waals surface area contributed by atoms with Gasteiger partial charge in [-0.1, -0.05) is 74.7 Å². The Morgan fingerprint density at radius 3 is 2.23 bits per heavy atom. The van der Waals surface area contributed by atoms with Gasteiger partial charge in [-0.2, -0.15) is 5.10 Å². The molecule has 1 aromatic heterocycles. The molecule has 17 nitrogen and oxygen atoms in total. The van der Waals surface area contributed by atoms with Crippen molar-refractivity contribution in [3.05, 3.63) is 144 Å². The Labute approximate surface area is 413 Å². The largest absolute Gasteiger partial charge is 0.494 e. The lowest BCUT2D eigenvalue weighted by Crippen LogP contribution is -2.30. The monoisotopic (exact) mass is 987 g/mol. The highest BCUT2D eigenvalue weighted by Crippen LogP contribution is 2.33. The number of carbonyl (C=O) groups excluding carboxylic acids is 6. The lowest BCUT2D eigenvalue weighted by molar-refractivity contribution is -0.161. The second-order valence-electron chi connectivity index (χ2n) is 15.6. The van der Waals surface area contributed by atoms with Gasteiger partial charge in [-0.25, -0.2) is 29.2 Å². The van der Waals surface area contributed by atoms with Crippen molar-refractivity contribution in [1.82, 2.24) is 4.98 Å².